The maximum atomic E-state index is 5.49. The number of nitrogens with zero attached hydrogens (tertiary/aromatic N) is 2. The van der Waals surface area contributed by atoms with Crippen molar-refractivity contribution in [2.45, 2.75) is 6.42 Å². The van der Waals surface area contributed by atoms with Gasteiger partial charge in [-0.25, -0.2) is 4.98 Å². The van der Waals surface area contributed by atoms with Crippen LogP contribution >= 0.6 is 0 Å². The monoisotopic (exact) mass is 161 g/mol. The number of imidazole rings is 1. The number of pyridine rings is 1. The van der Waals surface area contributed by atoms with Gasteiger partial charge in [-0.2, -0.15) is 0 Å². The first kappa shape index (κ1) is 7.31. The van der Waals surface area contributed by atoms with Crippen LogP contribution < -0.4 is 5.73 Å². The first-order chi connectivity index (χ1) is 5.92. The van der Waals surface area contributed by atoms with Crippen molar-refractivity contribution in [1.82, 2.24) is 9.38 Å². The zero-order valence-corrected chi connectivity index (χ0v) is 6.77. The van der Waals surface area contributed by atoms with Gasteiger partial charge in [0.25, 0.3) is 0 Å². The quantitative estimate of drug-likeness (QED) is 0.709. The summed E-state index contributed by atoms with van der Waals surface area (Å²) in [6.07, 6.45) is 6.57. The zero-order valence-electron chi connectivity index (χ0n) is 6.77. The van der Waals surface area contributed by atoms with E-state index in [4.69, 9.17) is 5.73 Å². The lowest BCUT2D eigenvalue weighted by molar-refractivity contribution is 0.965. The first-order valence-corrected chi connectivity index (χ1v) is 4.01. The van der Waals surface area contributed by atoms with Crippen molar-refractivity contribution < 1.29 is 0 Å². The second-order valence-corrected chi connectivity index (χ2v) is 2.76. The number of hydrogen-bond donors (Lipinski definition) is 1. The van der Waals surface area contributed by atoms with Crippen LogP contribution in [0.25, 0.3) is 5.52 Å². The summed E-state index contributed by atoms with van der Waals surface area (Å²) < 4.78 is 2.00. The Bertz CT molecular complexity index is 378. The highest BCUT2D eigenvalue weighted by Gasteiger charge is 1.98. The molecule has 0 saturated carbocycles. The van der Waals surface area contributed by atoms with Crippen LogP contribution in [-0.2, 0) is 6.42 Å². The van der Waals surface area contributed by atoms with E-state index >= 15 is 0 Å². The van der Waals surface area contributed by atoms with Crippen LogP contribution in [0.1, 0.15) is 5.56 Å². The van der Waals surface area contributed by atoms with E-state index in [-0.39, 0.29) is 0 Å². The largest absolute Gasteiger partial charge is 0.330 e. The van der Waals surface area contributed by atoms with Gasteiger partial charge in [-0.3, -0.25) is 0 Å². The smallest absolute Gasteiger partial charge is 0.0992 e. The minimum absolute atomic E-state index is 0.685. The van der Waals surface area contributed by atoms with E-state index in [1.807, 2.05) is 22.9 Å². The van der Waals surface area contributed by atoms with E-state index in [2.05, 4.69) is 11.1 Å². The number of rotatable bonds is 2. The summed E-state index contributed by atoms with van der Waals surface area (Å²) in [5.41, 5.74) is 7.91. The molecule has 0 fully saturated rings. The van der Waals surface area contributed by atoms with Crippen LogP contribution in [0.2, 0.25) is 0 Å². The van der Waals surface area contributed by atoms with Gasteiger partial charge in [0, 0.05) is 6.20 Å². The number of nitrogens with two attached hydrogens (primary N) is 1. The van der Waals surface area contributed by atoms with Crippen LogP contribution in [0.4, 0.5) is 0 Å². The molecule has 2 N–H and O–H groups in total. The molecule has 0 amide bonds. The molecule has 2 rings (SSSR count). The molecule has 62 valence electrons. The summed E-state index contributed by atoms with van der Waals surface area (Å²) in [5.74, 6) is 0. The van der Waals surface area contributed by atoms with Crippen molar-refractivity contribution in [2.24, 2.45) is 5.73 Å². The molecule has 2 aromatic heterocycles. The molecule has 0 unspecified atom stereocenters. The first-order valence-electron chi connectivity index (χ1n) is 4.01. The van der Waals surface area contributed by atoms with Crippen LogP contribution in [0, 0.1) is 0 Å². The molecule has 0 bridgehead atoms. The third-order valence-electron chi connectivity index (χ3n) is 1.95. The fraction of sp³-hybridized carbons (Fsp3) is 0.222. The predicted molar refractivity (Wildman–Crippen MR) is 48.0 cm³/mol. The Morgan fingerprint density at radius 1 is 1.50 bits per heavy atom. The molecule has 0 aliphatic rings. The van der Waals surface area contributed by atoms with Crippen molar-refractivity contribution in [3.8, 4) is 0 Å². The summed E-state index contributed by atoms with van der Waals surface area (Å²) in [6.45, 7) is 0.685. The molecule has 0 aliphatic carbocycles. The molecule has 0 aliphatic heterocycles. The van der Waals surface area contributed by atoms with E-state index in [1.54, 1.807) is 6.33 Å². The Balaban J connectivity index is 2.57. The molecule has 0 spiro atoms. The van der Waals surface area contributed by atoms with Crippen molar-refractivity contribution >= 4 is 5.52 Å². The Hall–Kier alpha value is -1.35. The summed E-state index contributed by atoms with van der Waals surface area (Å²) in [5, 5.41) is 0. The van der Waals surface area contributed by atoms with Crippen molar-refractivity contribution in [3.63, 3.8) is 0 Å². The predicted octanol–water partition coefficient (Wildman–Crippen LogP) is 0.836. The third kappa shape index (κ3) is 1.08. The molecule has 3 nitrogen and oxygen atoms in total. The summed E-state index contributed by atoms with van der Waals surface area (Å²) in [7, 11) is 0. The SMILES string of the molecule is NCCc1cccn2cncc12. The topological polar surface area (TPSA) is 43.3 Å². The minimum atomic E-state index is 0.685. The van der Waals surface area contributed by atoms with E-state index in [9.17, 15) is 0 Å². The lowest BCUT2D eigenvalue weighted by atomic mass is 10.2. The van der Waals surface area contributed by atoms with Crippen molar-refractivity contribution in [2.75, 3.05) is 6.54 Å². The van der Waals surface area contributed by atoms with Gasteiger partial charge in [0.2, 0.25) is 0 Å². The normalized spacial score (nSPS) is 10.8. The van der Waals surface area contributed by atoms with Gasteiger partial charge >= 0.3 is 0 Å². The summed E-state index contributed by atoms with van der Waals surface area (Å²) in [4.78, 5) is 4.07. The molecule has 3 heteroatoms. The second-order valence-electron chi connectivity index (χ2n) is 2.76. The molecule has 0 radical (unpaired) electrons. The summed E-state index contributed by atoms with van der Waals surface area (Å²) >= 11 is 0. The van der Waals surface area contributed by atoms with Crippen LogP contribution in [0.3, 0.4) is 0 Å². The molecule has 2 aromatic rings. The second kappa shape index (κ2) is 2.95. The fourth-order valence-corrected chi connectivity index (χ4v) is 1.38. The molecule has 12 heavy (non-hydrogen) atoms. The summed E-state index contributed by atoms with van der Waals surface area (Å²) in [6, 6.07) is 4.10. The van der Waals surface area contributed by atoms with Crippen LogP contribution in [0.5, 0.6) is 0 Å². The van der Waals surface area contributed by atoms with Crippen LogP contribution in [0.15, 0.2) is 30.9 Å². The van der Waals surface area contributed by atoms with Gasteiger partial charge in [0.05, 0.1) is 18.0 Å². The van der Waals surface area contributed by atoms with Crippen LogP contribution in [-0.4, -0.2) is 15.9 Å². The van der Waals surface area contributed by atoms with Gasteiger partial charge in [-0.05, 0) is 24.6 Å². The zero-order chi connectivity index (χ0) is 8.39. The fourth-order valence-electron chi connectivity index (χ4n) is 1.38. The highest BCUT2D eigenvalue weighted by Crippen LogP contribution is 2.09. The maximum Gasteiger partial charge on any atom is 0.0992 e. The van der Waals surface area contributed by atoms with Gasteiger partial charge in [-0.15, -0.1) is 0 Å². The number of aromatic nitrogens is 2. The molecule has 2 heterocycles. The molecule has 0 aromatic carbocycles. The van der Waals surface area contributed by atoms with Crippen molar-refractivity contribution in [3.05, 3.63) is 36.4 Å². The Morgan fingerprint density at radius 2 is 2.42 bits per heavy atom. The highest BCUT2D eigenvalue weighted by molar-refractivity contribution is 5.52. The van der Waals surface area contributed by atoms with Gasteiger partial charge < -0.3 is 10.1 Å². The standard InChI is InChI=1S/C9H11N3/c10-4-3-8-2-1-5-12-7-11-6-9(8)12/h1-2,5-7H,3-4,10H2. The highest BCUT2D eigenvalue weighted by atomic mass is 15.0. The minimum Gasteiger partial charge on any atom is -0.330 e. The third-order valence-corrected chi connectivity index (χ3v) is 1.95. The van der Waals surface area contributed by atoms with E-state index in [0.717, 1.165) is 11.9 Å². The van der Waals surface area contributed by atoms with E-state index < -0.39 is 0 Å². The van der Waals surface area contributed by atoms with Crippen molar-refractivity contribution in [1.29, 1.82) is 0 Å². The van der Waals surface area contributed by atoms with Gasteiger partial charge in [-0.1, -0.05) is 6.07 Å². The lowest BCUT2D eigenvalue weighted by Crippen LogP contribution is -2.03. The molecular weight excluding hydrogens is 150 g/mol. The van der Waals surface area contributed by atoms with E-state index in [0.29, 0.717) is 6.54 Å². The molecule has 0 atom stereocenters. The van der Waals surface area contributed by atoms with Gasteiger partial charge in [0.1, 0.15) is 0 Å². The Morgan fingerprint density at radius 3 is 3.25 bits per heavy atom. The number of fused-ring (bicyclic) bond motifs is 1. The Kier molecular flexibility index (Phi) is 1.80. The molecule has 0 saturated heterocycles. The number of hydrogen-bond acceptors (Lipinski definition) is 2. The average Bonchev–Trinajstić information content (AvgIpc) is 2.53. The lowest BCUT2D eigenvalue weighted by Gasteiger charge is -2.00. The van der Waals surface area contributed by atoms with E-state index in [1.165, 1.54) is 5.56 Å². The van der Waals surface area contributed by atoms with Gasteiger partial charge in [0.15, 0.2) is 0 Å². The maximum absolute atomic E-state index is 5.49. The average molecular weight is 161 g/mol. The Labute approximate surface area is 70.8 Å². The molecular formula is C9H11N3.